The molecule has 2 N–H and O–H groups in total. The first-order valence-electron chi connectivity index (χ1n) is 11.7. The molecular weight excluding hydrogens is 390 g/mol. The van der Waals surface area contributed by atoms with Crippen molar-refractivity contribution in [2.75, 3.05) is 0 Å². The third kappa shape index (κ3) is 3.20. The van der Waals surface area contributed by atoms with Crippen molar-refractivity contribution in [3.63, 3.8) is 0 Å². The molecule has 31 heavy (non-hydrogen) atoms. The predicted molar refractivity (Wildman–Crippen MR) is 120 cm³/mol. The minimum absolute atomic E-state index is 0.0910. The van der Waals surface area contributed by atoms with Gasteiger partial charge >= 0.3 is 0 Å². The Morgan fingerprint density at radius 3 is 2.52 bits per heavy atom. The monoisotopic (exact) mass is 423 g/mol. The second kappa shape index (κ2) is 7.28. The van der Waals surface area contributed by atoms with E-state index in [1.165, 1.54) is 17.7 Å². The molecule has 3 fully saturated rings. The summed E-state index contributed by atoms with van der Waals surface area (Å²) in [5.41, 5.74) is 3.63. The van der Waals surface area contributed by atoms with Gasteiger partial charge in [0.05, 0.1) is 17.1 Å². The molecule has 0 unspecified atom stereocenters. The average molecular weight is 424 g/mol. The van der Waals surface area contributed by atoms with Gasteiger partial charge in [-0.2, -0.15) is 0 Å². The van der Waals surface area contributed by atoms with Gasteiger partial charge in [0.15, 0.2) is 0 Å². The Morgan fingerprint density at radius 1 is 1.06 bits per heavy atom. The predicted octanol–water partition coefficient (Wildman–Crippen LogP) is 5.27. The van der Waals surface area contributed by atoms with E-state index in [4.69, 9.17) is 0 Å². The minimum Gasteiger partial charge on any atom is -0.393 e. The molecule has 5 rings (SSSR count). The number of nitrogens with zero attached hydrogens (tertiary/aromatic N) is 1. The minimum atomic E-state index is -0.458. The van der Waals surface area contributed by atoms with Crippen molar-refractivity contribution in [2.24, 2.45) is 28.6 Å². The zero-order chi connectivity index (χ0) is 22.0. The van der Waals surface area contributed by atoms with Gasteiger partial charge in [-0.3, -0.25) is 10.1 Å². The van der Waals surface area contributed by atoms with Crippen LogP contribution in [0.2, 0.25) is 0 Å². The van der Waals surface area contributed by atoms with Crippen molar-refractivity contribution in [1.29, 1.82) is 0 Å². The molecule has 0 saturated heterocycles. The zero-order valence-corrected chi connectivity index (χ0v) is 18.5. The highest BCUT2D eigenvalue weighted by Gasteiger charge is 2.59. The number of allylic oxidation sites excluding steroid dienone is 1. The molecule has 0 aliphatic heterocycles. The van der Waals surface area contributed by atoms with Crippen molar-refractivity contribution >= 4 is 11.8 Å². The normalized spacial score (nSPS) is 43.0. The fraction of sp³-hybridized carbons (Fsp3) is 0.615. The Labute approximate surface area is 184 Å². The molecule has 4 aliphatic carbocycles. The van der Waals surface area contributed by atoms with Crippen molar-refractivity contribution < 1.29 is 15.1 Å². The Morgan fingerprint density at radius 2 is 1.81 bits per heavy atom. The molecule has 1 aromatic carbocycles. The van der Waals surface area contributed by atoms with Gasteiger partial charge < -0.3 is 10.2 Å². The lowest BCUT2D eigenvalue weighted by Crippen LogP contribution is -2.51. The zero-order valence-electron chi connectivity index (χ0n) is 18.5. The third-order valence-corrected chi connectivity index (χ3v) is 9.40. The van der Waals surface area contributed by atoms with Crippen LogP contribution >= 0.6 is 0 Å². The topological polar surface area (TPSA) is 83.6 Å². The van der Waals surface area contributed by atoms with Gasteiger partial charge in [0.1, 0.15) is 0 Å². The molecule has 0 radical (unpaired) electrons. The molecule has 3 saturated carbocycles. The van der Waals surface area contributed by atoms with Crippen LogP contribution in [0.3, 0.4) is 0 Å². The molecule has 0 amide bonds. The molecular formula is C26H33NO4. The van der Waals surface area contributed by atoms with E-state index in [0.717, 1.165) is 56.1 Å². The maximum absolute atomic E-state index is 11.3. The van der Waals surface area contributed by atoms with Gasteiger partial charge in [-0.15, -0.1) is 0 Å². The van der Waals surface area contributed by atoms with Crippen LogP contribution in [0.1, 0.15) is 64.4 Å². The fourth-order valence-corrected chi connectivity index (χ4v) is 7.55. The highest BCUT2D eigenvalue weighted by molar-refractivity contribution is 5.57. The van der Waals surface area contributed by atoms with Gasteiger partial charge in [-0.05, 0) is 91.4 Å². The number of aliphatic hydroxyl groups excluding tert-OH is 2. The number of rotatable bonds is 2. The van der Waals surface area contributed by atoms with Gasteiger partial charge in [0.2, 0.25) is 0 Å². The number of non-ortho nitro benzene ring substituents is 1. The van der Waals surface area contributed by atoms with Crippen LogP contribution in [0, 0.1) is 38.7 Å². The Hall–Kier alpha value is -1.98. The summed E-state index contributed by atoms with van der Waals surface area (Å²) in [6, 6.07) is 6.61. The number of hydrogen-bond acceptors (Lipinski definition) is 4. The summed E-state index contributed by atoms with van der Waals surface area (Å²) in [6.45, 7) is 4.69. The summed E-state index contributed by atoms with van der Waals surface area (Å²) in [7, 11) is 0. The van der Waals surface area contributed by atoms with Crippen LogP contribution < -0.4 is 0 Å². The highest BCUT2D eigenvalue weighted by Crippen LogP contribution is 2.65. The summed E-state index contributed by atoms with van der Waals surface area (Å²) >= 11 is 0. The van der Waals surface area contributed by atoms with Crippen LogP contribution in [-0.4, -0.2) is 27.3 Å². The first-order chi connectivity index (χ1) is 14.7. The fourth-order valence-electron chi connectivity index (χ4n) is 7.55. The van der Waals surface area contributed by atoms with Gasteiger partial charge in [-0.25, -0.2) is 0 Å². The van der Waals surface area contributed by atoms with E-state index in [0.29, 0.717) is 17.8 Å². The molecule has 0 spiro atoms. The van der Waals surface area contributed by atoms with Crippen molar-refractivity contribution in [2.45, 2.75) is 71.0 Å². The molecule has 5 heteroatoms. The van der Waals surface area contributed by atoms with Crippen molar-refractivity contribution in [3.05, 3.63) is 57.2 Å². The number of hydrogen-bond donors (Lipinski definition) is 2. The molecule has 1 aromatic rings. The Bertz CT molecular complexity index is 951. The van der Waals surface area contributed by atoms with E-state index in [1.807, 2.05) is 0 Å². The van der Waals surface area contributed by atoms with E-state index in [2.05, 4.69) is 26.0 Å². The lowest BCUT2D eigenvalue weighted by molar-refractivity contribution is -0.384. The summed E-state index contributed by atoms with van der Waals surface area (Å²) in [4.78, 5) is 10.5. The maximum Gasteiger partial charge on any atom is 0.269 e. The highest BCUT2D eigenvalue weighted by atomic mass is 16.6. The second-order valence-corrected chi connectivity index (χ2v) is 10.9. The molecule has 0 heterocycles. The summed E-state index contributed by atoms with van der Waals surface area (Å²) < 4.78 is 0. The summed E-state index contributed by atoms with van der Waals surface area (Å²) in [5.74, 6) is 1.65. The number of nitro groups is 1. The van der Waals surface area contributed by atoms with Crippen LogP contribution in [0.5, 0.6) is 0 Å². The van der Waals surface area contributed by atoms with Gasteiger partial charge in [-0.1, -0.05) is 31.6 Å². The van der Waals surface area contributed by atoms with Gasteiger partial charge in [0, 0.05) is 17.5 Å². The SMILES string of the molecule is C[C@@]12CC[C@@H]3[C@H](CC=C4C[C@@H](O)CC[C@@]43C)[C@H]1C/C(=C/c1ccc([N+](=O)[O-])cc1)[C@@H]2O. The molecule has 7 atom stereocenters. The average Bonchev–Trinajstić information content (AvgIpc) is 2.99. The number of fused-ring (bicyclic) bond motifs is 5. The van der Waals surface area contributed by atoms with E-state index in [-0.39, 0.29) is 27.5 Å². The van der Waals surface area contributed by atoms with Gasteiger partial charge in [0.25, 0.3) is 5.69 Å². The van der Waals surface area contributed by atoms with Crippen LogP contribution in [0.15, 0.2) is 41.5 Å². The summed E-state index contributed by atoms with van der Waals surface area (Å²) in [5, 5.41) is 32.5. The van der Waals surface area contributed by atoms with Crippen molar-refractivity contribution in [1.82, 2.24) is 0 Å². The molecule has 4 aliphatic rings. The quantitative estimate of drug-likeness (QED) is 0.385. The first-order valence-corrected chi connectivity index (χ1v) is 11.7. The Balaban J connectivity index is 1.44. The van der Waals surface area contributed by atoms with E-state index < -0.39 is 6.10 Å². The third-order valence-electron chi connectivity index (χ3n) is 9.40. The van der Waals surface area contributed by atoms with E-state index >= 15 is 0 Å². The molecule has 5 nitrogen and oxygen atoms in total. The number of benzene rings is 1. The first kappa shape index (κ1) is 20.9. The summed E-state index contributed by atoms with van der Waals surface area (Å²) in [6.07, 6.45) is 10.7. The Kier molecular flexibility index (Phi) is 4.91. The standard InChI is InChI=1S/C26H33NO4/c1-25-11-9-20(28)15-18(25)5-8-21-22(25)10-12-26(2)23(21)14-17(24(26)29)13-16-3-6-19(7-4-16)27(30)31/h3-7,13,20-24,28-29H,8-12,14-15H2,1-2H3/b17-13-/t20-,21-,22+,23+,24-,25-,26+/m0/s1. The number of aliphatic hydroxyl groups is 2. The molecule has 166 valence electrons. The largest absolute Gasteiger partial charge is 0.393 e. The second-order valence-electron chi connectivity index (χ2n) is 10.9. The maximum atomic E-state index is 11.3. The van der Waals surface area contributed by atoms with Crippen LogP contribution in [-0.2, 0) is 0 Å². The van der Waals surface area contributed by atoms with E-state index in [9.17, 15) is 20.3 Å². The molecule has 0 aromatic heterocycles. The van der Waals surface area contributed by atoms with E-state index in [1.54, 1.807) is 12.1 Å². The van der Waals surface area contributed by atoms with Crippen LogP contribution in [0.25, 0.3) is 6.08 Å². The lowest BCUT2D eigenvalue weighted by atomic mass is 9.48. The van der Waals surface area contributed by atoms with Crippen LogP contribution in [0.4, 0.5) is 5.69 Å². The smallest absolute Gasteiger partial charge is 0.269 e. The number of nitro benzene ring substituents is 1. The lowest BCUT2D eigenvalue weighted by Gasteiger charge is -2.57. The molecule has 0 bridgehead atoms. The van der Waals surface area contributed by atoms with Crippen molar-refractivity contribution in [3.8, 4) is 0 Å².